The van der Waals surface area contributed by atoms with Crippen LogP contribution in [0.25, 0.3) is 0 Å². The number of hydrogen-bond acceptors (Lipinski definition) is 2. The summed E-state index contributed by atoms with van der Waals surface area (Å²) in [4.78, 5) is 0. The third kappa shape index (κ3) is 5.15. The molecule has 0 aliphatic carbocycles. The van der Waals surface area contributed by atoms with Crippen molar-refractivity contribution >= 4 is 15.9 Å². The number of hydrogen-bond donors (Lipinski definition) is 2. The van der Waals surface area contributed by atoms with Gasteiger partial charge in [-0.05, 0) is 31.0 Å². The average molecular weight is 304 g/mol. The zero-order valence-corrected chi connectivity index (χ0v) is 11.8. The molecule has 0 saturated carbocycles. The van der Waals surface area contributed by atoms with Crippen molar-refractivity contribution in [2.75, 3.05) is 6.54 Å². The first-order valence-electron chi connectivity index (χ1n) is 5.83. The van der Waals surface area contributed by atoms with Crippen molar-refractivity contribution in [1.82, 2.24) is 5.32 Å². The molecule has 0 bridgehead atoms. The molecule has 0 aromatic heterocycles. The number of aliphatic hydroxyl groups excluding tert-OH is 1. The smallest absolute Gasteiger partial charge is 0.128 e. The number of rotatable bonds is 6. The van der Waals surface area contributed by atoms with Crippen LogP contribution in [0.3, 0.4) is 0 Å². The van der Waals surface area contributed by atoms with Crippen LogP contribution in [0.2, 0.25) is 0 Å². The van der Waals surface area contributed by atoms with E-state index in [0.717, 1.165) is 4.47 Å². The van der Waals surface area contributed by atoms with Crippen molar-refractivity contribution in [2.45, 2.75) is 32.9 Å². The van der Waals surface area contributed by atoms with Gasteiger partial charge in [-0.2, -0.15) is 0 Å². The Morgan fingerprint density at radius 2 is 2.12 bits per heavy atom. The van der Waals surface area contributed by atoms with Crippen molar-refractivity contribution in [2.24, 2.45) is 5.92 Å². The van der Waals surface area contributed by atoms with Crippen molar-refractivity contribution in [3.05, 3.63) is 34.1 Å². The van der Waals surface area contributed by atoms with E-state index in [2.05, 4.69) is 21.2 Å². The van der Waals surface area contributed by atoms with E-state index in [1.807, 2.05) is 19.9 Å². The van der Waals surface area contributed by atoms with Gasteiger partial charge in [-0.1, -0.05) is 35.8 Å². The summed E-state index contributed by atoms with van der Waals surface area (Å²) in [5.74, 6) is 0.0532. The van der Waals surface area contributed by atoms with Crippen LogP contribution < -0.4 is 5.32 Å². The fourth-order valence-corrected chi connectivity index (χ4v) is 1.80. The quantitative estimate of drug-likeness (QED) is 0.792. The monoisotopic (exact) mass is 303 g/mol. The third-order valence-corrected chi connectivity index (χ3v) is 3.21. The molecule has 0 aliphatic rings. The highest BCUT2D eigenvalue weighted by Crippen LogP contribution is 2.15. The molecule has 17 heavy (non-hydrogen) atoms. The van der Waals surface area contributed by atoms with E-state index >= 15 is 0 Å². The minimum absolute atomic E-state index is 0.212. The van der Waals surface area contributed by atoms with Gasteiger partial charge >= 0.3 is 0 Å². The van der Waals surface area contributed by atoms with Crippen LogP contribution in [0, 0.1) is 11.7 Å². The van der Waals surface area contributed by atoms with Crippen molar-refractivity contribution < 1.29 is 9.50 Å². The van der Waals surface area contributed by atoms with Gasteiger partial charge in [0.1, 0.15) is 5.82 Å². The molecule has 1 aromatic carbocycles. The lowest BCUT2D eigenvalue weighted by Crippen LogP contribution is -2.23. The summed E-state index contributed by atoms with van der Waals surface area (Å²) in [6.07, 6.45) is 0.396. The highest BCUT2D eigenvalue weighted by Gasteiger charge is 2.08. The molecular weight excluding hydrogens is 285 g/mol. The Kier molecular flexibility index (Phi) is 6.09. The van der Waals surface area contributed by atoms with Crippen LogP contribution in [0.5, 0.6) is 0 Å². The van der Waals surface area contributed by atoms with E-state index in [9.17, 15) is 9.50 Å². The van der Waals surface area contributed by atoms with Gasteiger partial charge in [-0.25, -0.2) is 4.39 Å². The van der Waals surface area contributed by atoms with E-state index in [1.54, 1.807) is 6.07 Å². The lowest BCUT2D eigenvalue weighted by molar-refractivity contribution is 0.116. The normalized spacial score (nSPS) is 13.1. The summed E-state index contributed by atoms with van der Waals surface area (Å²) < 4.78 is 14.2. The maximum absolute atomic E-state index is 13.4. The maximum atomic E-state index is 13.4. The van der Waals surface area contributed by atoms with Crippen LogP contribution >= 0.6 is 15.9 Å². The molecule has 0 saturated heterocycles. The van der Waals surface area contributed by atoms with Gasteiger partial charge in [0, 0.05) is 16.6 Å². The van der Waals surface area contributed by atoms with Gasteiger partial charge in [0.25, 0.3) is 0 Å². The second-order valence-electron chi connectivity index (χ2n) is 4.51. The average Bonchev–Trinajstić information content (AvgIpc) is 2.26. The van der Waals surface area contributed by atoms with Crippen LogP contribution in [0.1, 0.15) is 25.8 Å². The fraction of sp³-hybridized carbons (Fsp3) is 0.538. The summed E-state index contributed by atoms with van der Waals surface area (Å²) in [5.41, 5.74) is 0.646. The first-order chi connectivity index (χ1) is 8.00. The van der Waals surface area contributed by atoms with Gasteiger partial charge in [-0.15, -0.1) is 0 Å². The predicted molar refractivity (Wildman–Crippen MR) is 71.3 cm³/mol. The van der Waals surface area contributed by atoms with E-state index in [-0.39, 0.29) is 17.8 Å². The Balaban J connectivity index is 2.31. The van der Waals surface area contributed by atoms with E-state index in [1.165, 1.54) is 6.07 Å². The number of halogens is 2. The number of aliphatic hydroxyl groups is 1. The van der Waals surface area contributed by atoms with Crippen molar-refractivity contribution in [3.8, 4) is 0 Å². The topological polar surface area (TPSA) is 32.3 Å². The summed E-state index contributed by atoms with van der Waals surface area (Å²) in [7, 11) is 0. The van der Waals surface area contributed by atoms with Crippen LogP contribution in [0.15, 0.2) is 22.7 Å². The molecule has 0 heterocycles. The molecule has 0 radical (unpaired) electrons. The predicted octanol–water partition coefficient (Wildman–Crippen LogP) is 3.08. The zero-order valence-electron chi connectivity index (χ0n) is 10.2. The second-order valence-corrected chi connectivity index (χ2v) is 5.43. The van der Waals surface area contributed by atoms with Gasteiger partial charge in [0.2, 0.25) is 0 Å². The Hall–Kier alpha value is -0.450. The molecule has 0 fully saturated rings. The van der Waals surface area contributed by atoms with Gasteiger partial charge < -0.3 is 10.4 Å². The molecule has 4 heteroatoms. The second kappa shape index (κ2) is 7.09. The lowest BCUT2D eigenvalue weighted by atomic mass is 10.0. The number of nitrogens with one attached hydrogen (secondary N) is 1. The van der Waals surface area contributed by atoms with E-state index in [0.29, 0.717) is 25.1 Å². The van der Waals surface area contributed by atoms with Gasteiger partial charge in [0.05, 0.1) is 6.10 Å². The molecule has 0 amide bonds. The van der Waals surface area contributed by atoms with Crippen LogP contribution in [-0.4, -0.2) is 17.8 Å². The highest BCUT2D eigenvalue weighted by atomic mass is 79.9. The van der Waals surface area contributed by atoms with Crippen molar-refractivity contribution in [3.63, 3.8) is 0 Å². The Bertz CT molecular complexity index is 357. The van der Waals surface area contributed by atoms with E-state index in [4.69, 9.17) is 0 Å². The zero-order chi connectivity index (χ0) is 12.8. The molecule has 1 rings (SSSR count). The van der Waals surface area contributed by atoms with Crippen LogP contribution in [0.4, 0.5) is 4.39 Å². The SMILES string of the molecule is CC(C)C(O)CCNCc1ccc(Br)cc1F. The standard InChI is InChI=1S/C13H19BrFNO/c1-9(2)13(17)5-6-16-8-10-3-4-11(14)7-12(10)15/h3-4,7,9,13,16-17H,5-6,8H2,1-2H3. The first kappa shape index (κ1) is 14.6. The molecule has 0 spiro atoms. The molecule has 1 unspecified atom stereocenters. The molecule has 2 nitrogen and oxygen atoms in total. The molecular formula is C13H19BrFNO. The van der Waals surface area contributed by atoms with Gasteiger partial charge in [0.15, 0.2) is 0 Å². The minimum atomic E-state index is -0.294. The first-order valence-corrected chi connectivity index (χ1v) is 6.62. The summed E-state index contributed by atoms with van der Waals surface area (Å²) in [5, 5.41) is 12.7. The Morgan fingerprint density at radius 3 is 2.71 bits per heavy atom. The fourth-order valence-electron chi connectivity index (χ4n) is 1.47. The van der Waals surface area contributed by atoms with Gasteiger partial charge in [-0.3, -0.25) is 0 Å². The minimum Gasteiger partial charge on any atom is -0.393 e. The lowest BCUT2D eigenvalue weighted by Gasteiger charge is -2.14. The summed E-state index contributed by atoms with van der Waals surface area (Å²) in [6.45, 7) is 5.15. The summed E-state index contributed by atoms with van der Waals surface area (Å²) >= 11 is 3.22. The molecule has 1 aromatic rings. The molecule has 0 aliphatic heterocycles. The third-order valence-electron chi connectivity index (χ3n) is 2.72. The molecule has 1 atom stereocenters. The Morgan fingerprint density at radius 1 is 1.41 bits per heavy atom. The largest absolute Gasteiger partial charge is 0.393 e. The number of benzene rings is 1. The molecule has 2 N–H and O–H groups in total. The van der Waals surface area contributed by atoms with E-state index < -0.39 is 0 Å². The summed E-state index contributed by atoms with van der Waals surface area (Å²) in [6, 6.07) is 5.04. The van der Waals surface area contributed by atoms with Crippen molar-refractivity contribution in [1.29, 1.82) is 0 Å². The van der Waals surface area contributed by atoms with Crippen LogP contribution in [-0.2, 0) is 6.54 Å². The maximum Gasteiger partial charge on any atom is 0.128 e. The molecule has 96 valence electrons. The highest BCUT2D eigenvalue weighted by molar-refractivity contribution is 9.10. The Labute approximate surface area is 110 Å².